The Balaban J connectivity index is 2.88. The van der Waals surface area contributed by atoms with Gasteiger partial charge in [-0.2, -0.15) is 0 Å². The molecule has 0 aliphatic heterocycles. The van der Waals surface area contributed by atoms with E-state index in [-0.39, 0.29) is 12.0 Å². The highest BCUT2D eigenvalue weighted by Crippen LogP contribution is 2.33. The number of likely N-dealkylation sites (N-methyl/N-ethyl adjacent to an activating group) is 2. The first-order chi connectivity index (χ1) is 8.25. The summed E-state index contributed by atoms with van der Waals surface area (Å²) in [6, 6.07) is 0. The molecule has 0 atom stereocenters. The van der Waals surface area contributed by atoms with Crippen LogP contribution in [0.5, 0.6) is 0 Å². The van der Waals surface area contributed by atoms with Crippen molar-refractivity contribution in [2.45, 2.75) is 32.8 Å². The number of hydrogen-bond acceptors (Lipinski definition) is 5. The summed E-state index contributed by atoms with van der Waals surface area (Å²) < 4.78 is 0. The first-order valence-electron chi connectivity index (χ1n) is 6.22. The van der Waals surface area contributed by atoms with E-state index < -0.39 is 0 Å². The van der Waals surface area contributed by atoms with Crippen molar-refractivity contribution in [1.82, 2.24) is 9.88 Å². The molecule has 5 heteroatoms. The molecule has 1 rings (SSSR count). The van der Waals surface area contributed by atoms with Crippen molar-refractivity contribution in [1.29, 1.82) is 0 Å². The highest BCUT2D eigenvalue weighted by molar-refractivity contribution is 7.15. The summed E-state index contributed by atoms with van der Waals surface area (Å²) >= 11 is 1.59. The van der Waals surface area contributed by atoms with E-state index in [9.17, 15) is 5.11 Å². The maximum Gasteiger partial charge on any atom is 0.185 e. The number of rotatable bonds is 5. The summed E-state index contributed by atoms with van der Waals surface area (Å²) in [5.41, 5.74) is 0.997. The highest BCUT2D eigenvalue weighted by atomic mass is 32.1. The van der Waals surface area contributed by atoms with Crippen LogP contribution in [0.25, 0.3) is 0 Å². The van der Waals surface area contributed by atoms with Crippen LogP contribution in [-0.2, 0) is 12.0 Å². The Kier molecular flexibility index (Phi) is 5.13. The number of aliphatic hydroxyl groups excluding tert-OH is 1. The molecule has 0 fully saturated rings. The number of aliphatic hydroxyl groups is 1. The number of thiazole rings is 1. The van der Waals surface area contributed by atoms with Crippen molar-refractivity contribution >= 4 is 16.5 Å². The van der Waals surface area contributed by atoms with Gasteiger partial charge in [-0.05, 0) is 14.1 Å². The van der Waals surface area contributed by atoms with E-state index in [1.807, 2.05) is 0 Å². The lowest BCUT2D eigenvalue weighted by Crippen LogP contribution is -2.28. The first-order valence-corrected chi connectivity index (χ1v) is 7.04. The highest BCUT2D eigenvalue weighted by Gasteiger charge is 2.23. The summed E-state index contributed by atoms with van der Waals surface area (Å²) in [5, 5.41) is 10.4. The zero-order valence-electron chi connectivity index (χ0n) is 12.3. The molecule has 1 N–H and O–H groups in total. The Labute approximate surface area is 114 Å². The van der Waals surface area contributed by atoms with Gasteiger partial charge >= 0.3 is 0 Å². The molecule has 0 bridgehead atoms. The molecule has 0 saturated carbocycles. The van der Waals surface area contributed by atoms with E-state index in [4.69, 9.17) is 4.98 Å². The van der Waals surface area contributed by atoms with E-state index in [0.29, 0.717) is 0 Å². The second-order valence-corrected chi connectivity index (χ2v) is 6.96. The van der Waals surface area contributed by atoms with Crippen LogP contribution in [0.2, 0.25) is 0 Å². The largest absolute Gasteiger partial charge is 0.391 e. The maximum atomic E-state index is 9.44. The quantitative estimate of drug-likeness (QED) is 0.888. The first kappa shape index (κ1) is 15.4. The molecule has 18 heavy (non-hydrogen) atoms. The predicted octanol–water partition coefficient (Wildman–Crippen LogP) is 1.93. The van der Waals surface area contributed by atoms with Crippen LogP contribution in [0, 0.1) is 0 Å². The third-order valence-corrected chi connectivity index (χ3v) is 3.90. The van der Waals surface area contributed by atoms with Crippen molar-refractivity contribution in [3.8, 4) is 0 Å². The van der Waals surface area contributed by atoms with Crippen molar-refractivity contribution in [2.24, 2.45) is 0 Å². The minimum absolute atomic E-state index is 0.0186. The molecule has 1 aromatic rings. The van der Waals surface area contributed by atoms with Gasteiger partial charge in [-0.3, -0.25) is 0 Å². The third kappa shape index (κ3) is 3.93. The van der Waals surface area contributed by atoms with Gasteiger partial charge in [-0.15, -0.1) is 0 Å². The van der Waals surface area contributed by atoms with Crippen LogP contribution < -0.4 is 4.90 Å². The Morgan fingerprint density at radius 2 is 1.78 bits per heavy atom. The Morgan fingerprint density at radius 3 is 2.17 bits per heavy atom. The van der Waals surface area contributed by atoms with Gasteiger partial charge < -0.3 is 14.9 Å². The second-order valence-electron chi connectivity index (χ2n) is 5.90. The lowest BCUT2D eigenvalue weighted by Gasteiger charge is -2.19. The van der Waals surface area contributed by atoms with Gasteiger partial charge in [0.15, 0.2) is 5.13 Å². The smallest absolute Gasteiger partial charge is 0.185 e. The molecule has 104 valence electrons. The minimum atomic E-state index is -0.0186. The lowest BCUT2D eigenvalue weighted by atomic mass is 9.91. The van der Waals surface area contributed by atoms with E-state index >= 15 is 0 Å². The number of aromatic nitrogens is 1. The summed E-state index contributed by atoms with van der Waals surface area (Å²) in [6.07, 6.45) is 0. The average Bonchev–Trinajstić information content (AvgIpc) is 2.69. The molecule has 4 nitrogen and oxygen atoms in total. The molecule has 0 aromatic carbocycles. The summed E-state index contributed by atoms with van der Waals surface area (Å²) in [6.45, 7) is 8.40. The summed E-state index contributed by atoms with van der Waals surface area (Å²) in [4.78, 5) is 9.98. The number of nitrogens with zero attached hydrogens (tertiary/aromatic N) is 3. The normalized spacial score (nSPS) is 12.2. The van der Waals surface area contributed by atoms with E-state index in [2.05, 4.69) is 51.7 Å². The van der Waals surface area contributed by atoms with E-state index in [1.54, 1.807) is 11.3 Å². The fourth-order valence-electron chi connectivity index (χ4n) is 1.64. The fourth-order valence-corrected chi connectivity index (χ4v) is 2.76. The summed E-state index contributed by atoms with van der Waals surface area (Å²) in [5.74, 6) is 0. The van der Waals surface area contributed by atoms with Gasteiger partial charge in [0, 0.05) is 25.6 Å². The minimum Gasteiger partial charge on any atom is -0.391 e. The zero-order chi connectivity index (χ0) is 13.9. The Hall–Kier alpha value is -0.650. The second kappa shape index (κ2) is 5.99. The Bertz CT molecular complexity index is 382. The average molecular weight is 271 g/mol. The van der Waals surface area contributed by atoms with Crippen LogP contribution in [0.3, 0.4) is 0 Å². The topological polar surface area (TPSA) is 39.6 Å². The standard InChI is InChI=1S/C13H25N3OS/c1-13(2,3)11-10(9-17)18-12(14-11)16(6)8-7-15(4)5/h17H,7-9H2,1-6H3. The maximum absolute atomic E-state index is 9.44. The van der Waals surface area contributed by atoms with E-state index in [0.717, 1.165) is 28.8 Å². The molecular formula is C13H25N3OS. The van der Waals surface area contributed by atoms with E-state index in [1.165, 1.54) is 0 Å². The fraction of sp³-hybridized carbons (Fsp3) is 0.769. The molecule has 1 heterocycles. The van der Waals surface area contributed by atoms with Gasteiger partial charge in [-0.1, -0.05) is 32.1 Å². The molecule has 1 aromatic heterocycles. The van der Waals surface area contributed by atoms with Gasteiger partial charge in [0.25, 0.3) is 0 Å². The zero-order valence-corrected chi connectivity index (χ0v) is 13.1. The molecule has 0 aliphatic carbocycles. The lowest BCUT2D eigenvalue weighted by molar-refractivity contribution is 0.282. The SMILES string of the molecule is CN(C)CCN(C)c1nc(C(C)(C)C)c(CO)s1. The summed E-state index contributed by atoms with van der Waals surface area (Å²) in [7, 11) is 6.18. The van der Waals surface area contributed by atoms with Crippen LogP contribution in [0.15, 0.2) is 0 Å². The molecule has 0 saturated heterocycles. The van der Waals surface area contributed by atoms with Crippen molar-refractivity contribution < 1.29 is 5.11 Å². The van der Waals surface area contributed by atoms with Gasteiger partial charge in [0.05, 0.1) is 17.2 Å². The van der Waals surface area contributed by atoms with Gasteiger partial charge in [0.2, 0.25) is 0 Å². The van der Waals surface area contributed by atoms with Gasteiger partial charge in [0.1, 0.15) is 0 Å². The van der Waals surface area contributed by atoms with Crippen molar-refractivity contribution in [3.05, 3.63) is 10.6 Å². The molecule has 0 aliphatic rings. The van der Waals surface area contributed by atoms with Crippen LogP contribution in [-0.4, -0.2) is 49.2 Å². The molecule has 0 unspecified atom stereocenters. The molecular weight excluding hydrogens is 246 g/mol. The van der Waals surface area contributed by atoms with Crippen LogP contribution in [0.1, 0.15) is 31.3 Å². The van der Waals surface area contributed by atoms with Crippen molar-refractivity contribution in [3.63, 3.8) is 0 Å². The molecule has 0 spiro atoms. The monoisotopic (exact) mass is 271 g/mol. The predicted molar refractivity (Wildman–Crippen MR) is 78.6 cm³/mol. The molecule has 0 radical (unpaired) electrons. The van der Waals surface area contributed by atoms with Crippen molar-refractivity contribution in [2.75, 3.05) is 39.1 Å². The van der Waals surface area contributed by atoms with Crippen LogP contribution in [0.4, 0.5) is 5.13 Å². The molecule has 0 amide bonds. The third-order valence-electron chi connectivity index (χ3n) is 2.75. The van der Waals surface area contributed by atoms with Gasteiger partial charge in [-0.25, -0.2) is 4.98 Å². The van der Waals surface area contributed by atoms with Crippen LogP contribution >= 0.6 is 11.3 Å². The Morgan fingerprint density at radius 1 is 1.17 bits per heavy atom. The number of anilines is 1. The number of hydrogen-bond donors (Lipinski definition) is 1.